The van der Waals surface area contributed by atoms with E-state index in [1.807, 2.05) is 0 Å². The molecule has 1 aliphatic carbocycles. The number of hydrogen-bond acceptors (Lipinski definition) is 2. The smallest absolute Gasteiger partial charge is 0.311 e. The van der Waals surface area contributed by atoms with E-state index in [1.165, 1.54) is 37.0 Å². The standard InChI is InChI=1S/C15H27F3N2/c1-12-5-3-2-4-6-14(12)19-13-7-9-20(10-8-13)11-15(16,17)18/h12-14,19H,2-11H2,1H3. The summed E-state index contributed by atoms with van der Waals surface area (Å²) in [4.78, 5) is 1.54. The first-order valence-electron chi connectivity index (χ1n) is 7.99. The lowest BCUT2D eigenvalue weighted by Gasteiger charge is -2.36. The lowest BCUT2D eigenvalue weighted by molar-refractivity contribution is -0.148. The summed E-state index contributed by atoms with van der Waals surface area (Å²) in [5.41, 5.74) is 0. The molecule has 1 saturated carbocycles. The van der Waals surface area contributed by atoms with Crippen molar-refractivity contribution in [1.29, 1.82) is 0 Å². The zero-order valence-corrected chi connectivity index (χ0v) is 12.4. The normalized spacial score (nSPS) is 31.2. The fraction of sp³-hybridized carbons (Fsp3) is 1.00. The summed E-state index contributed by atoms with van der Waals surface area (Å²) < 4.78 is 37.0. The quantitative estimate of drug-likeness (QED) is 0.800. The van der Waals surface area contributed by atoms with E-state index < -0.39 is 12.7 Å². The molecule has 0 bridgehead atoms. The van der Waals surface area contributed by atoms with E-state index in [0.717, 1.165) is 12.8 Å². The third kappa shape index (κ3) is 5.24. The number of halogens is 3. The number of nitrogens with one attached hydrogen (secondary N) is 1. The van der Waals surface area contributed by atoms with Crippen molar-refractivity contribution < 1.29 is 13.2 Å². The average molecular weight is 292 g/mol. The molecule has 0 aromatic heterocycles. The number of piperidine rings is 1. The highest BCUT2D eigenvalue weighted by molar-refractivity contribution is 4.84. The molecule has 0 aromatic rings. The Balaban J connectivity index is 1.73. The van der Waals surface area contributed by atoms with Crippen LogP contribution in [0.25, 0.3) is 0 Å². The zero-order chi connectivity index (χ0) is 14.6. The van der Waals surface area contributed by atoms with Gasteiger partial charge < -0.3 is 5.32 Å². The van der Waals surface area contributed by atoms with Crippen molar-refractivity contribution in [2.45, 2.75) is 70.1 Å². The highest BCUT2D eigenvalue weighted by Gasteiger charge is 2.33. The van der Waals surface area contributed by atoms with Gasteiger partial charge in [-0.25, -0.2) is 0 Å². The summed E-state index contributed by atoms with van der Waals surface area (Å²) in [6.45, 7) is 2.69. The third-order valence-electron chi connectivity index (χ3n) is 4.80. The van der Waals surface area contributed by atoms with Crippen LogP contribution in [-0.4, -0.2) is 42.8 Å². The van der Waals surface area contributed by atoms with Crippen LogP contribution < -0.4 is 5.32 Å². The maximum Gasteiger partial charge on any atom is 0.401 e. The Morgan fingerprint density at radius 1 is 1.00 bits per heavy atom. The van der Waals surface area contributed by atoms with Gasteiger partial charge in [-0.15, -0.1) is 0 Å². The lowest BCUT2D eigenvalue weighted by Crippen LogP contribution is -2.49. The molecule has 1 heterocycles. The Hall–Kier alpha value is -0.290. The van der Waals surface area contributed by atoms with Crippen LogP contribution in [0.3, 0.4) is 0 Å². The monoisotopic (exact) mass is 292 g/mol. The van der Waals surface area contributed by atoms with Gasteiger partial charge in [-0.2, -0.15) is 13.2 Å². The number of rotatable bonds is 3. The predicted octanol–water partition coefficient (Wildman–Crippen LogP) is 3.57. The minimum atomic E-state index is -4.06. The number of alkyl halides is 3. The molecule has 2 rings (SSSR count). The highest BCUT2D eigenvalue weighted by Crippen LogP contribution is 2.25. The summed E-state index contributed by atoms with van der Waals surface area (Å²) in [5, 5.41) is 3.72. The Morgan fingerprint density at radius 3 is 2.30 bits per heavy atom. The molecule has 118 valence electrons. The summed E-state index contributed by atoms with van der Waals surface area (Å²) in [6.07, 6.45) is 4.08. The minimum Gasteiger partial charge on any atom is -0.311 e. The van der Waals surface area contributed by atoms with Crippen molar-refractivity contribution in [3.63, 3.8) is 0 Å². The first kappa shape index (κ1) is 16.1. The summed E-state index contributed by atoms with van der Waals surface area (Å²) in [6, 6.07) is 0.974. The summed E-state index contributed by atoms with van der Waals surface area (Å²) >= 11 is 0. The van der Waals surface area contributed by atoms with Gasteiger partial charge in [0.15, 0.2) is 0 Å². The molecule has 2 nitrogen and oxygen atoms in total. The second-order valence-electron chi connectivity index (χ2n) is 6.55. The van der Waals surface area contributed by atoms with Crippen LogP contribution in [0, 0.1) is 5.92 Å². The molecule has 20 heavy (non-hydrogen) atoms. The van der Waals surface area contributed by atoms with Gasteiger partial charge in [-0.05, 0) is 44.7 Å². The van der Waals surface area contributed by atoms with Gasteiger partial charge in [0.1, 0.15) is 0 Å². The van der Waals surface area contributed by atoms with Crippen molar-refractivity contribution in [1.82, 2.24) is 10.2 Å². The fourth-order valence-corrected chi connectivity index (χ4v) is 3.55. The molecule has 0 aromatic carbocycles. The van der Waals surface area contributed by atoms with E-state index in [4.69, 9.17) is 0 Å². The average Bonchev–Trinajstić information content (AvgIpc) is 2.56. The maximum atomic E-state index is 12.3. The van der Waals surface area contributed by atoms with Crippen LogP contribution in [0.4, 0.5) is 13.2 Å². The van der Waals surface area contributed by atoms with Gasteiger partial charge in [0, 0.05) is 12.1 Å². The van der Waals surface area contributed by atoms with E-state index >= 15 is 0 Å². The van der Waals surface area contributed by atoms with Crippen LogP contribution in [0.5, 0.6) is 0 Å². The molecular weight excluding hydrogens is 265 g/mol. The first-order chi connectivity index (χ1) is 9.44. The second kappa shape index (κ2) is 7.12. The van der Waals surface area contributed by atoms with Gasteiger partial charge in [0.2, 0.25) is 0 Å². The Kier molecular flexibility index (Phi) is 5.73. The fourth-order valence-electron chi connectivity index (χ4n) is 3.55. The van der Waals surface area contributed by atoms with Crippen molar-refractivity contribution in [2.24, 2.45) is 5.92 Å². The topological polar surface area (TPSA) is 15.3 Å². The number of hydrogen-bond donors (Lipinski definition) is 1. The van der Waals surface area contributed by atoms with Gasteiger partial charge in [0.05, 0.1) is 6.54 Å². The maximum absolute atomic E-state index is 12.3. The van der Waals surface area contributed by atoms with Gasteiger partial charge in [-0.1, -0.05) is 26.2 Å². The Morgan fingerprint density at radius 2 is 1.65 bits per heavy atom. The third-order valence-corrected chi connectivity index (χ3v) is 4.80. The number of likely N-dealkylation sites (tertiary alicyclic amines) is 1. The van der Waals surface area contributed by atoms with Crippen LogP contribution in [0.1, 0.15) is 51.9 Å². The Labute approximate surface area is 120 Å². The lowest BCUT2D eigenvalue weighted by atomic mass is 9.94. The molecule has 5 heteroatoms. The molecular formula is C15H27F3N2. The van der Waals surface area contributed by atoms with Crippen LogP contribution in [0.15, 0.2) is 0 Å². The second-order valence-corrected chi connectivity index (χ2v) is 6.55. The zero-order valence-electron chi connectivity index (χ0n) is 12.4. The van der Waals surface area contributed by atoms with Crippen molar-refractivity contribution >= 4 is 0 Å². The molecule has 2 fully saturated rings. The summed E-state index contributed by atoms with van der Waals surface area (Å²) in [5.74, 6) is 0.700. The SMILES string of the molecule is CC1CCCCCC1NC1CCN(CC(F)(F)F)CC1. The predicted molar refractivity (Wildman–Crippen MR) is 74.7 cm³/mol. The van der Waals surface area contributed by atoms with E-state index in [2.05, 4.69) is 12.2 Å². The molecule has 0 amide bonds. The molecule has 1 saturated heterocycles. The highest BCUT2D eigenvalue weighted by atomic mass is 19.4. The molecule has 0 spiro atoms. The summed E-state index contributed by atoms with van der Waals surface area (Å²) in [7, 11) is 0. The van der Waals surface area contributed by atoms with Gasteiger partial charge >= 0.3 is 6.18 Å². The van der Waals surface area contributed by atoms with E-state index in [9.17, 15) is 13.2 Å². The van der Waals surface area contributed by atoms with Gasteiger partial charge in [0.25, 0.3) is 0 Å². The molecule has 1 N–H and O–H groups in total. The van der Waals surface area contributed by atoms with E-state index in [1.54, 1.807) is 0 Å². The van der Waals surface area contributed by atoms with Crippen molar-refractivity contribution in [2.75, 3.05) is 19.6 Å². The van der Waals surface area contributed by atoms with Crippen LogP contribution >= 0.6 is 0 Å². The molecule has 0 radical (unpaired) electrons. The van der Waals surface area contributed by atoms with Crippen molar-refractivity contribution in [3.05, 3.63) is 0 Å². The van der Waals surface area contributed by atoms with Crippen molar-refractivity contribution in [3.8, 4) is 0 Å². The van der Waals surface area contributed by atoms with E-state index in [0.29, 0.717) is 31.1 Å². The number of nitrogens with zero attached hydrogens (tertiary/aromatic N) is 1. The largest absolute Gasteiger partial charge is 0.401 e. The van der Waals surface area contributed by atoms with E-state index in [-0.39, 0.29) is 0 Å². The van der Waals surface area contributed by atoms with Gasteiger partial charge in [-0.3, -0.25) is 4.90 Å². The van der Waals surface area contributed by atoms with Crippen LogP contribution in [0.2, 0.25) is 0 Å². The molecule has 2 atom stereocenters. The Bertz CT molecular complexity index is 285. The minimum absolute atomic E-state index is 0.407. The molecule has 1 aliphatic heterocycles. The van der Waals surface area contributed by atoms with Crippen LogP contribution in [-0.2, 0) is 0 Å². The first-order valence-corrected chi connectivity index (χ1v) is 7.99. The molecule has 2 unspecified atom stereocenters. The molecule has 2 aliphatic rings.